The van der Waals surface area contributed by atoms with Crippen molar-refractivity contribution < 1.29 is 18.0 Å². The number of amides is 2. The fraction of sp³-hybridized carbons (Fsp3) is 0.394. The molecule has 1 aliphatic rings. The number of carbonyl (C=O) groups is 2. The number of aryl methyl sites for hydroxylation is 3. The predicted octanol–water partition coefficient (Wildman–Crippen LogP) is 5.59. The second kappa shape index (κ2) is 12.9. The number of benzene rings is 3. The van der Waals surface area contributed by atoms with Crippen molar-refractivity contribution in [3.63, 3.8) is 0 Å². The van der Waals surface area contributed by atoms with Crippen molar-refractivity contribution in [1.29, 1.82) is 0 Å². The molecule has 0 heterocycles. The molecule has 3 aromatic rings. The molecule has 0 spiro atoms. The zero-order valence-corrected chi connectivity index (χ0v) is 25.5. The summed E-state index contributed by atoms with van der Waals surface area (Å²) in [5.41, 5.74) is 4.96. The molecule has 2 amide bonds. The zero-order chi connectivity index (χ0) is 29.7. The summed E-state index contributed by atoms with van der Waals surface area (Å²) in [6.07, 6.45) is 4.01. The molecule has 41 heavy (non-hydrogen) atoms. The smallest absolute Gasteiger partial charge is 0.264 e. The van der Waals surface area contributed by atoms with Gasteiger partial charge in [-0.2, -0.15) is 0 Å². The Morgan fingerprint density at radius 1 is 0.878 bits per heavy atom. The Morgan fingerprint density at radius 3 is 2.17 bits per heavy atom. The topological polar surface area (TPSA) is 86.8 Å². The highest BCUT2D eigenvalue weighted by atomic mass is 32.2. The first-order valence-corrected chi connectivity index (χ1v) is 15.7. The molecule has 0 bridgehead atoms. The second-order valence-electron chi connectivity index (χ2n) is 11.2. The van der Waals surface area contributed by atoms with Crippen molar-refractivity contribution in [3.05, 3.63) is 94.5 Å². The Morgan fingerprint density at radius 2 is 1.51 bits per heavy atom. The van der Waals surface area contributed by atoms with Gasteiger partial charge in [-0.25, -0.2) is 8.42 Å². The molecule has 0 aliphatic heterocycles. The van der Waals surface area contributed by atoms with Crippen LogP contribution in [0.3, 0.4) is 0 Å². The van der Waals surface area contributed by atoms with Crippen molar-refractivity contribution in [2.75, 3.05) is 10.8 Å². The second-order valence-corrected chi connectivity index (χ2v) is 13.0. The fourth-order valence-corrected chi connectivity index (χ4v) is 6.77. The third kappa shape index (κ3) is 6.99. The van der Waals surface area contributed by atoms with Gasteiger partial charge in [-0.05, 0) is 87.9 Å². The van der Waals surface area contributed by atoms with Gasteiger partial charge in [-0.15, -0.1) is 0 Å². The summed E-state index contributed by atoms with van der Waals surface area (Å²) in [6, 6.07) is 19.1. The maximum Gasteiger partial charge on any atom is 0.264 e. The van der Waals surface area contributed by atoms with Crippen LogP contribution in [-0.2, 0) is 26.2 Å². The van der Waals surface area contributed by atoms with Crippen LogP contribution in [0.4, 0.5) is 5.69 Å². The Hall–Kier alpha value is -3.65. The summed E-state index contributed by atoms with van der Waals surface area (Å²) < 4.78 is 29.4. The average molecular weight is 576 g/mol. The molecular weight excluding hydrogens is 534 g/mol. The van der Waals surface area contributed by atoms with Gasteiger partial charge in [0.1, 0.15) is 12.6 Å². The van der Waals surface area contributed by atoms with Gasteiger partial charge in [0.15, 0.2) is 0 Å². The number of nitrogens with zero attached hydrogens (tertiary/aromatic N) is 2. The van der Waals surface area contributed by atoms with E-state index in [9.17, 15) is 18.0 Å². The lowest BCUT2D eigenvalue weighted by atomic mass is 10.1. The van der Waals surface area contributed by atoms with Crippen molar-refractivity contribution in [3.8, 4) is 0 Å². The number of hydrogen-bond donors (Lipinski definition) is 1. The molecule has 1 N–H and O–H groups in total. The van der Waals surface area contributed by atoms with Gasteiger partial charge in [0.25, 0.3) is 10.0 Å². The van der Waals surface area contributed by atoms with E-state index in [1.807, 2.05) is 58.0 Å². The summed E-state index contributed by atoms with van der Waals surface area (Å²) in [5, 5.41) is 3.11. The Balaban J connectivity index is 1.73. The fourth-order valence-electron chi connectivity index (χ4n) is 5.30. The zero-order valence-electron chi connectivity index (χ0n) is 24.7. The predicted molar refractivity (Wildman–Crippen MR) is 163 cm³/mol. The van der Waals surface area contributed by atoms with E-state index in [1.54, 1.807) is 43.3 Å². The van der Waals surface area contributed by atoms with Gasteiger partial charge in [0, 0.05) is 12.6 Å². The molecule has 1 aliphatic carbocycles. The van der Waals surface area contributed by atoms with Crippen LogP contribution in [-0.4, -0.2) is 43.8 Å². The van der Waals surface area contributed by atoms with E-state index in [0.29, 0.717) is 5.69 Å². The average Bonchev–Trinajstić information content (AvgIpc) is 3.45. The van der Waals surface area contributed by atoms with E-state index < -0.39 is 28.5 Å². The SMILES string of the molecule is Cc1ccc(S(=O)(=O)N(CC(=O)N(Cc2ccccc2C)[C@@H](C)C(=O)NC2CCCC2)c2cccc(C)c2C)cc1. The quantitative estimate of drug-likeness (QED) is 0.341. The Kier molecular flexibility index (Phi) is 9.53. The lowest BCUT2D eigenvalue weighted by Gasteiger charge is -2.33. The van der Waals surface area contributed by atoms with E-state index in [4.69, 9.17) is 0 Å². The largest absolute Gasteiger partial charge is 0.352 e. The van der Waals surface area contributed by atoms with Gasteiger partial charge in [0.05, 0.1) is 10.6 Å². The summed E-state index contributed by atoms with van der Waals surface area (Å²) in [6.45, 7) is 9.10. The summed E-state index contributed by atoms with van der Waals surface area (Å²) in [4.78, 5) is 29.2. The summed E-state index contributed by atoms with van der Waals surface area (Å²) in [5.74, 6) is -0.669. The number of nitrogens with one attached hydrogen (secondary N) is 1. The molecule has 8 heteroatoms. The Bertz CT molecular complexity index is 1500. The molecular formula is C33H41N3O4S. The lowest BCUT2D eigenvalue weighted by molar-refractivity contribution is -0.139. The maximum atomic E-state index is 14.2. The van der Waals surface area contributed by atoms with Crippen LogP contribution < -0.4 is 9.62 Å². The van der Waals surface area contributed by atoms with Crippen LogP contribution in [0.5, 0.6) is 0 Å². The van der Waals surface area contributed by atoms with Crippen LogP contribution in [0, 0.1) is 27.7 Å². The van der Waals surface area contributed by atoms with Crippen LogP contribution in [0.1, 0.15) is 60.4 Å². The normalized spacial score (nSPS) is 14.5. The molecule has 218 valence electrons. The van der Waals surface area contributed by atoms with Crippen molar-refractivity contribution in [1.82, 2.24) is 10.2 Å². The minimum absolute atomic E-state index is 0.105. The number of sulfonamides is 1. The third-order valence-electron chi connectivity index (χ3n) is 8.20. The van der Waals surface area contributed by atoms with Gasteiger partial charge in [-0.3, -0.25) is 13.9 Å². The van der Waals surface area contributed by atoms with Gasteiger partial charge < -0.3 is 10.2 Å². The molecule has 0 aromatic heterocycles. The number of carbonyl (C=O) groups excluding carboxylic acids is 2. The highest BCUT2D eigenvalue weighted by Gasteiger charge is 2.34. The Labute approximate surface area is 244 Å². The van der Waals surface area contributed by atoms with Crippen LogP contribution >= 0.6 is 0 Å². The molecule has 1 fully saturated rings. The van der Waals surface area contributed by atoms with Gasteiger partial charge >= 0.3 is 0 Å². The van der Waals surface area contributed by atoms with E-state index in [2.05, 4.69) is 5.32 Å². The van der Waals surface area contributed by atoms with Gasteiger partial charge in [0.2, 0.25) is 11.8 Å². The van der Waals surface area contributed by atoms with Gasteiger partial charge in [-0.1, -0.05) is 66.9 Å². The van der Waals surface area contributed by atoms with E-state index in [0.717, 1.165) is 53.5 Å². The first-order valence-electron chi connectivity index (χ1n) is 14.3. The first kappa shape index (κ1) is 30.3. The number of rotatable bonds is 10. The summed E-state index contributed by atoms with van der Waals surface area (Å²) in [7, 11) is -4.10. The molecule has 0 saturated heterocycles. The third-order valence-corrected chi connectivity index (χ3v) is 9.98. The minimum Gasteiger partial charge on any atom is -0.352 e. The number of hydrogen-bond acceptors (Lipinski definition) is 4. The number of anilines is 1. The van der Waals surface area contributed by atoms with E-state index in [-0.39, 0.29) is 23.4 Å². The minimum atomic E-state index is -4.10. The van der Waals surface area contributed by atoms with E-state index in [1.165, 1.54) is 9.21 Å². The maximum absolute atomic E-state index is 14.2. The molecule has 1 saturated carbocycles. The van der Waals surface area contributed by atoms with Crippen molar-refractivity contribution in [2.45, 2.75) is 83.8 Å². The molecule has 4 rings (SSSR count). The molecule has 1 atom stereocenters. The van der Waals surface area contributed by atoms with Crippen LogP contribution in [0.2, 0.25) is 0 Å². The van der Waals surface area contributed by atoms with Crippen LogP contribution in [0.15, 0.2) is 71.6 Å². The highest BCUT2D eigenvalue weighted by Crippen LogP contribution is 2.29. The van der Waals surface area contributed by atoms with Crippen molar-refractivity contribution in [2.24, 2.45) is 0 Å². The molecule has 7 nitrogen and oxygen atoms in total. The standard InChI is InChI=1S/C33H41N3O4S/c1-23-17-19-30(20-18-23)41(39,40)36(31-16-10-12-24(2)26(31)4)22-32(37)35(21-28-13-7-6-11-25(28)3)27(5)33(38)34-29-14-8-9-15-29/h6-7,10-13,16-20,27,29H,8-9,14-15,21-22H2,1-5H3,(H,34,38)/t27-/m0/s1. The monoisotopic (exact) mass is 575 g/mol. The summed E-state index contributed by atoms with van der Waals surface area (Å²) >= 11 is 0. The van der Waals surface area contributed by atoms with Crippen molar-refractivity contribution >= 4 is 27.5 Å². The first-order chi connectivity index (χ1) is 19.5. The molecule has 3 aromatic carbocycles. The lowest BCUT2D eigenvalue weighted by Crippen LogP contribution is -2.52. The molecule has 0 radical (unpaired) electrons. The highest BCUT2D eigenvalue weighted by molar-refractivity contribution is 7.92. The van der Waals surface area contributed by atoms with Crippen LogP contribution in [0.25, 0.3) is 0 Å². The van der Waals surface area contributed by atoms with E-state index >= 15 is 0 Å². The molecule has 0 unspecified atom stereocenters.